The molecule has 0 unspecified atom stereocenters. The maximum atomic E-state index is 11.2. The average molecular weight is 200 g/mol. The first-order valence-electron chi connectivity index (χ1n) is 3.92. The quantitative estimate of drug-likeness (QED) is 0.685. The molecule has 0 aromatic carbocycles. The van der Waals surface area contributed by atoms with E-state index in [0.29, 0.717) is 17.1 Å². The number of methoxy groups -OCH3 is 1. The van der Waals surface area contributed by atoms with E-state index in [9.17, 15) is 4.79 Å². The minimum Gasteiger partial charge on any atom is -0.464 e. The highest BCUT2D eigenvalue weighted by atomic mass is 35.5. The Balaban J connectivity index is 3.20. The summed E-state index contributed by atoms with van der Waals surface area (Å²) in [5.74, 6) is -0.445. The Bertz CT molecular complexity index is 325. The molecule has 1 aromatic heterocycles. The van der Waals surface area contributed by atoms with Crippen LogP contribution in [0.2, 0.25) is 5.02 Å². The van der Waals surface area contributed by atoms with Crippen LogP contribution in [0.5, 0.6) is 0 Å². The van der Waals surface area contributed by atoms with Crippen molar-refractivity contribution >= 4 is 17.6 Å². The normalized spacial score (nSPS) is 9.77. The van der Waals surface area contributed by atoms with Gasteiger partial charge in [0.05, 0.1) is 7.11 Å². The third-order valence-corrected chi connectivity index (χ3v) is 2.09. The summed E-state index contributed by atoms with van der Waals surface area (Å²) < 4.78 is 4.57. The number of nitrogens with zero attached hydrogens (tertiary/aromatic N) is 1. The Morgan fingerprint density at radius 3 is 2.92 bits per heavy atom. The zero-order chi connectivity index (χ0) is 9.84. The fraction of sp³-hybridized carbons (Fsp3) is 0.333. The van der Waals surface area contributed by atoms with E-state index in [0.717, 1.165) is 5.56 Å². The molecule has 3 nitrogen and oxygen atoms in total. The van der Waals surface area contributed by atoms with Crippen molar-refractivity contribution in [1.29, 1.82) is 0 Å². The van der Waals surface area contributed by atoms with Gasteiger partial charge in [-0.2, -0.15) is 0 Å². The average Bonchev–Trinajstić information content (AvgIpc) is 2.16. The van der Waals surface area contributed by atoms with Gasteiger partial charge in [0.1, 0.15) is 0 Å². The zero-order valence-corrected chi connectivity index (χ0v) is 8.26. The van der Waals surface area contributed by atoms with Gasteiger partial charge in [0.15, 0.2) is 5.69 Å². The van der Waals surface area contributed by atoms with E-state index >= 15 is 0 Å². The van der Waals surface area contributed by atoms with Crippen LogP contribution in [0.1, 0.15) is 23.0 Å². The van der Waals surface area contributed by atoms with Crippen LogP contribution in [0.25, 0.3) is 0 Å². The number of rotatable bonds is 2. The molecule has 0 aliphatic heterocycles. The lowest BCUT2D eigenvalue weighted by Gasteiger charge is -2.05. The Kier molecular flexibility index (Phi) is 3.25. The highest BCUT2D eigenvalue weighted by molar-refractivity contribution is 6.31. The molecule has 0 bridgehead atoms. The first-order valence-corrected chi connectivity index (χ1v) is 4.30. The van der Waals surface area contributed by atoms with Crippen LogP contribution in [0.4, 0.5) is 0 Å². The van der Waals surface area contributed by atoms with E-state index in [1.54, 1.807) is 6.07 Å². The van der Waals surface area contributed by atoms with Gasteiger partial charge in [-0.15, -0.1) is 0 Å². The number of carbonyl (C=O) groups is 1. The molecule has 70 valence electrons. The molecule has 0 amide bonds. The lowest BCUT2D eigenvalue weighted by atomic mass is 10.1. The lowest BCUT2D eigenvalue weighted by Crippen LogP contribution is -2.08. The second-order valence-corrected chi connectivity index (χ2v) is 2.87. The summed E-state index contributed by atoms with van der Waals surface area (Å²) in [5.41, 5.74) is 1.04. The van der Waals surface area contributed by atoms with E-state index in [-0.39, 0.29) is 0 Å². The molecule has 0 aliphatic carbocycles. The summed E-state index contributed by atoms with van der Waals surface area (Å²) in [7, 11) is 1.32. The topological polar surface area (TPSA) is 39.2 Å². The summed E-state index contributed by atoms with van der Waals surface area (Å²) in [4.78, 5) is 15.1. The van der Waals surface area contributed by atoms with E-state index < -0.39 is 5.97 Å². The van der Waals surface area contributed by atoms with Crippen molar-refractivity contribution in [2.75, 3.05) is 7.11 Å². The number of hydrogen-bond donors (Lipinski definition) is 0. The highest BCUT2D eigenvalue weighted by Crippen LogP contribution is 2.18. The molecule has 0 saturated heterocycles. The van der Waals surface area contributed by atoms with Crippen LogP contribution in [-0.2, 0) is 11.2 Å². The van der Waals surface area contributed by atoms with Crippen LogP contribution < -0.4 is 0 Å². The number of halogens is 1. The molecular formula is C9H10ClNO2. The van der Waals surface area contributed by atoms with E-state index in [1.807, 2.05) is 6.92 Å². The molecule has 0 N–H and O–H groups in total. The standard InChI is InChI=1S/C9H10ClNO2/c1-3-6-7(10)4-5-11-8(6)9(12)13-2/h4-5H,3H2,1-2H3. The summed E-state index contributed by atoms with van der Waals surface area (Å²) >= 11 is 5.88. The lowest BCUT2D eigenvalue weighted by molar-refractivity contribution is 0.0592. The molecule has 0 aliphatic rings. The minimum absolute atomic E-state index is 0.303. The molecular weight excluding hydrogens is 190 g/mol. The van der Waals surface area contributed by atoms with Crippen molar-refractivity contribution in [3.05, 3.63) is 28.5 Å². The van der Waals surface area contributed by atoms with Gasteiger partial charge >= 0.3 is 5.97 Å². The van der Waals surface area contributed by atoms with E-state index in [1.165, 1.54) is 13.3 Å². The number of ether oxygens (including phenoxy) is 1. The Morgan fingerprint density at radius 2 is 2.38 bits per heavy atom. The van der Waals surface area contributed by atoms with Gasteiger partial charge in [-0.05, 0) is 12.5 Å². The number of hydrogen-bond acceptors (Lipinski definition) is 3. The second kappa shape index (κ2) is 4.23. The SMILES string of the molecule is CCc1c(Cl)ccnc1C(=O)OC. The van der Waals surface area contributed by atoms with Crippen molar-refractivity contribution in [2.24, 2.45) is 0 Å². The summed E-state index contributed by atoms with van der Waals surface area (Å²) in [6, 6.07) is 1.66. The molecule has 0 atom stereocenters. The molecule has 1 heterocycles. The first kappa shape index (κ1) is 9.99. The summed E-state index contributed by atoms with van der Waals surface area (Å²) in [6.07, 6.45) is 2.16. The molecule has 0 saturated carbocycles. The van der Waals surface area contributed by atoms with Crippen molar-refractivity contribution < 1.29 is 9.53 Å². The van der Waals surface area contributed by atoms with Crippen molar-refractivity contribution in [3.63, 3.8) is 0 Å². The number of carbonyl (C=O) groups excluding carboxylic acids is 1. The molecule has 1 rings (SSSR count). The maximum absolute atomic E-state index is 11.2. The predicted molar refractivity (Wildman–Crippen MR) is 50.0 cm³/mol. The van der Waals surface area contributed by atoms with Crippen LogP contribution in [-0.4, -0.2) is 18.1 Å². The van der Waals surface area contributed by atoms with Gasteiger partial charge in [-0.3, -0.25) is 0 Å². The van der Waals surface area contributed by atoms with Gasteiger partial charge < -0.3 is 4.74 Å². The van der Waals surface area contributed by atoms with Crippen molar-refractivity contribution in [1.82, 2.24) is 4.98 Å². The van der Waals surface area contributed by atoms with Crippen LogP contribution >= 0.6 is 11.6 Å². The molecule has 4 heteroatoms. The first-order chi connectivity index (χ1) is 6.20. The molecule has 0 fully saturated rings. The van der Waals surface area contributed by atoms with E-state index in [2.05, 4.69) is 9.72 Å². The van der Waals surface area contributed by atoms with Crippen LogP contribution in [0.3, 0.4) is 0 Å². The van der Waals surface area contributed by atoms with Gasteiger partial charge in [0.25, 0.3) is 0 Å². The van der Waals surface area contributed by atoms with Gasteiger partial charge in [0, 0.05) is 16.8 Å². The van der Waals surface area contributed by atoms with Crippen molar-refractivity contribution in [2.45, 2.75) is 13.3 Å². The molecule has 1 aromatic rings. The summed E-state index contributed by atoms with van der Waals surface area (Å²) in [6.45, 7) is 1.91. The highest BCUT2D eigenvalue weighted by Gasteiger charge is 2.14. The summed E-state index contributed by atoms with van der Waals surface area (Å²) in [5, 5.41) is 0.554. The Labute approximate surface area is 81.7 Å². The minimum atomic E-state index is -0.445. The molecule has 13 heavy (non-hydrogen) atoms. The molecule has 0 radical (unpaired) electrons. The van der Waals surface area contributed by atoms with Crippen molar-refractivity contribution in [3.8, 4) is 0 Å². The fourth-order valence-electron chi connectivity index (χ4n) is 1.08. The number of esters is 1. The Hall–Kier alpha value is -1.09. The monoisotopic (exact) mass is 199 g/mol. The van der Waals surface area contributed by atoms with E-state index in [4.69, 9.17) is 11.6 Å². The number of pyridine rings is 1. The third-order valence-electron chi connectivity index (χ3n) is 1.73. The molecule has 0 spiro atoms. The second-order valence-electron chi connectivity index (χ2n) is 2.47. The largest absolute Gasteiger partial charge is 0.464 e. The van der Waals surface area contributed by atoms with Gasteiger partial charge in [-0.1, -0.05) is 18.5 Å². The fourth-order valence-corrected chi connectivity index (χ4v) is 1.36. The number of aromatic nitrogens is 1. The Morgan fingerprint density at radius 1 is 1.69 bits per heavy atom. The zero-order valence-electron chi connectivity index (χ0n) is 7.50. The van der Waals surface area contributed by atoms with Crippen LogP contribution in [0.15, 0.2) is 12.3 Å². The maximum Gasteiger partial charge on any atom is 0.356 e. The van der Waals surface area contributed by atoms with Crippen LogP contribution in [0, 0.1) is 0 Å². The van der Waals surface area contributed by atoms with Gasteiger partial charge in [0.2, 0.25) is 0 Å². The predicted octanol–water partition coefficient (Wildman–Crippen LogP) is 2.08. The smallest absolute Gasteiger partial charge is 0.356 e. The van der Waals surface area contributed by atoms with Gasteiger partial charge in [-0.25, -0.2) is 9.78 Å². The third kappa shape index (κ3) is 1.98.